The van der Waals surface area contributed by atoms with E-state index in [1.54, 1.807) is 39.5 Å². The molecule has 0 spiro atoms. The van der Waals surface area contributed by atoms with Gasteiger partial charge in [-0.25, -0.2) is 0 Å². The maximum absolute atomic E-state index is 12.5. The number of hydrogen-bond donors (Lipinski definition) is 2. The Morgan fingerprint density at radius 3 is 2.29 bits per heavy atom. The van der Waals surface area contributed by atoms with Crippen LogP contribution in [-0.2, 0) is 6.54 Å². The van der Waals surface area contributed by atoms with Crippen LogP contribution in [-0.4, -0.2) is 33.1 Å². The molecule has 0 saturated carbocycles. The van der Waals surface area contributed by atoms with Gasteiger partial charge >= 0.3 is 0 Å². The summed E-state index contributed by atoms with van der Waals surface area (Å²) in [7, 11) is 4.66. The zero-order valence-electron chi connectivity index (χ0n) is 15.8. The number of methoxy groups -OCH3 is 3. The van der Waals surface area contributed by atoms with Crippen molar-refractivity contribution in [2.75, 3.05) is 33.4 Å². The highest BCUT2D eigenvalue weighted by atomic mass is 16.7. The first-order chi connectivity index (χ1) is 13.6. The van der Waals surface area contributed by atoms with Crippen molar-refractivity contribution in [3.8, 4) is 28.7 Å². The van der Waals surface area contributed by atoms with Crippen molar-refractivity contribution >= 4 is 16.6 Å². The zero-order chi connectivity index (χ0) is 19.7. The summed E-state index contributed by atoms with van der Waals surface area (Å²) < 4.78 is 26.8. The molecular weight excluding hydrogens is 364 g/mol. The van der Waals surface area contributed by atoms with Crippen molar-refractivity contribution in [3.63, 3.8) is 0 Å². The van der Waals surface area contributed by atoms with Crippen LogP contribution in [0.2, 0.25) is 0 Å². The summed E-state index contributed by atoms with van der Waals surface area (Å²) >= 11 is 0. The number of pyridine rings is 1. The Morgan fingerprint density at radius 1 is 0.964 bits per heavy atom. The molecule has 1 aromatic heterocycles. The summed E-state index contributed by atoms with van der Waals surface area (Å²) in [5, 5.41) is 4.09. The molecule has 1 aliphatic rings. The molecule has 0 saturated heterocycles. The summed E-state index contributed by atoms with van der Waals surface area (Å²) in [5.41, 5.74) is 1.84. The van der Waals surface area contributed by atoms with Crippen molar-refractivity contribution in [3.05, 3.63) is 46.2 Å². The lowest BCUT2D eigenvalue weighted by Crippen LogP contribution is -2.15. The molecule has 8 nitrogen and oxygen atoms in total. The van der Waals surface area contributed by atoms with E-state index in [0.29, 0.717) is 46.4 Å². The highest BCUT2D eigenvalue weighted by molar-refractivity contribution is 5.83. The molecule has 0 fully saturated rings. The zero-order valence-corrected chi connectivity index (χ0v) is 15.8. The standard InChI is InChI=1S/C20H20N2O6/c1-24-17-6-13(7-18(25-2)19(17)26-3)21-9-12-4-11-5-15-16(28-10-27-15)8-14(11)22-20(12)23/h4-8,21H,9-10H2,1-3H3,(H,22,23). The minimum absolute atomic E-state index is 0.175. The van der Waals surface area contributed by atoms with Gasteiger partial charge in [-0.15, -0.1) is 0 Å². The highest BCUT2D eigenvalue weighted by Crippen LogP contribution is 2.40. The number of nitrogens with one attached hydrogen (secondary N) is 2. The van der Waals surface area contributed by atoms with Gasteiger partial charge in [-0.05, 0) is 12.1 Å². The number of H-pyrrole nitrogens is 1. The van der Waals surface area contributed by atoms with Gasteiger partial charge in [0.05, 0.1) is 26.8 Å². The maximum atomic E-state index is 12.5. The topological polar surface area (TPSA) is 91.0 Å². The molecule has 0 unspecified atom stereocenters. The number of benzene rings is 2. The van der Waals surface area contributed by atoms with Crippen LogP contribution >= 0.6 is 0 Å². The Hall–Kier alpha value is -3.55. The summed E-state index contributed by atoms with van der Waals surface area (Å²) in [6, 6.07) is 9.04. The molecule has 146 valence electrons. The van der Waals surface area contributed by atoms with Gasteiger partial charge in [-0.3, -0.25) is 4.79 Å². The second-order valence-corrected chi connectivity index (χ2v) is 6.18. The molecule has 0 radical (unpaired) electrons. The number of rotatable bonds is 6. The maximum Gasteiger partial charge on any atom is 0.253 e. The number of hydrogen-bond acceptors (Lipinski definition) is 7. The Labute approximate surface area is 160 Å². The molecule has 0 bridgehead atoms. The molecule has 0 atom stereocenters. The minimum Gasteiger partial charge on any atom is -0.493 e. The van der Waals surface area contributed by atoms with E-state index in [0.717, 1.165) is 11.1 Å². The average Bonchev–Trinajstić information content (AvgIpc) is 3.16. The Morgan fingerprint density at radius 2 is 1.64 bits per heavy atom. The van der Waals surface area contributed by atoms with Gasteiger partial charge in [0, 0.05) is 41.4 Å². The normalized spacial score (nSPS) is 12.1. The van der Waals surface area contributed by atoms with Crippen LogP contribution in [0.4, 0.5) is 5.69 Å². The van der Waals surface area contributed by atoms with Gasteiger partial charge in [-0.1, -0.05) is 0 Å². The predicted octanol–water partition coefficient (Wildman–Crippen LogP) is 2.89. The van der Waals surface area contributed by atoms with E-state index in [2.05, 4.69) is 10.3 Å². The lowest BCUT2D eigenvalue weighted by atomic mass is 10.1. The van der Waals surface area contributed by atoms with Gasteiger partial charge in [0.15, 0.2) is 23.0 Å². The molecule has 2 N–H and O–H groups in total. The smallest absolute Gasteiger partial charge is 0.253 e. The third-order valence-electron chi connectivity index (χ3n) is 4.56. The molecule has 3 aromatic rings. The molecule has 2 heterocycles. The average molecular weight is 384 g/mol. The number of fused-ring (bicyclic) bond motifs is 2. The van der Waals surface area contributed by atoms with E-state index in [4.69, 9.17) is 23.7 Å². The fourth-order valence-electron chi connectivity index (χ4n) is 3.15. The SMILES string of the molecule is COc1cc(NCc2cc3cc4c(cc3[nH]c2=O)OCO4)cc(OC)c1OC. The van der Waals surface area contributed by atoms with Crippen LogP contribution in [0.3, 0.4) is 0 Å². The molecule has 8 heteroatoms. The summed E-state index contributed by atoms with van der Waals surface area (Å²) in [6.45, 7) is 0.504. The monoisotopic (exact) mass is 384 g/mol. The molecular formula is C20H20N2O6. The van der Waals surface area contributed by atoms with Gasteiger partial charge in [0.25, 0.3) is 5.56 Å². The van der Waals surface area contributed by atoms with Gasteiger partial charge in [0.1, 0.15) is 0 Å². The third kappa shape index (κ3) is 3.13. The van der Waals surface area contributed by atoms with Crippen LogP contribution < -0.4 is 34.6 Å². The van der Waals surface area contributed by atoms with Gasteiger partial charge < -0.3 is 34.0 Å². The van der Waals surface area contributed by atoms with E-state index < -0.39 is 0 Å². The first-order valence-corrected chi connectivity index (χ1v) is 8.62. The molecule has 4 rings (SSSR count). The molecule has 1 aliphatic heterocycles. The molecule has 28 heavy (non-hydrogen) atoms. The first kappa shape index (κ1) is 17.8. The summed E-state index contributed by atoms with van der Waals surface area (Å²) in [6.07, 6.45) is 0. The van der Waals surface area contributed by atoms with E-state index in [1.807, 2.05) is 12.1 Å². The van der Waals surface area contributed by atoms with Gasteiger partial charge in [-0.2, -0.15) is 0 Å². The molecule has 0 amide bonds. The quantitative estimate of drug-likeness (QED) is 0.675. The fraction of sp³-hybridized carbons (Fsp3) is 0.250. The lowest BCUT2D eigenvalue weighted by Gasteiger charge is -2.15. The van der Waals surface area contributed by atoms with Crippen molar-refractivity contribution in [1.82, 2.24) is 4.98 Å². The summed E-state index contributed by atoms with van der Waals surface area (Å²) in [5.74, 6) is 2.87. The van der Waals surface area contributed by atoms with Crippen LogP contribution in [0.25, 0.3) is 10.9 Å². The molecule has 2 aromatic carbocycles. The Balaban J connectivity index is 1.63. The van der Waals surface area contributed by atoms with E-state index >= 15 is 0 Å². The van der Waals surface area contributed by atoms with Crippen LogP contribution in [0, 0.1) is 0 Å². The minimum atomic E-state index is -0.175. The lowest BCUT2D eigenvalue weighted by molar-refractivity contribution is 0.174. The predicted molar refractivity (Wildman–Crippen MR) is 104 cm³/mol. The second kappa shape index (κ2) is 7.22. The number of anilines is 1. The van der Waals surface area contributed by atoms with Crippen LogP contribution in [0.5, 0.6) is 28.7 Å². The number of aromatic amines is 1. The van der Waals surface area contributed by atoms with Crippen molar-refractivity contribution in [2.45, 2.75) is 6.54 Å². The summed E-state index contributed by atoms with van der Waals surface area (Å²) in [4.78, 5) is 15.4. The highest BCUT2D eigenvalue weighted by Gasteiger charge is 2.16. The molecule has 0 aliphatic carbocycles. The number of aromatic nitrogens is 1. The van der Waals surface area contributed by atoms with Crippen molar-refractivity contribution in [1.29, 1.82) is 0 Å². The van der Waals surface area contributed by atoms with E-state index in [1.165, 1.54) is 0 Å². The van der Waals surface area contributed by atoms with Crippen LogP contribution in [0.15, 0.2) is 35.1 Å². The third-order valence-corrected chi connectivity index (χ3v) is 4.56. The van der Waals surface area contributed by atoms with Crippen molar-refractivity contribution < 1.29 is 23.7 Å². The van der Waals surface area contributed by atoms with E-state index in [9.17, 15) is 4.79 Å². The largest absolute Gasteiger partial charge is 0.493 e. The Kier molecular flexibility index (Phi) is 4.60. The second-order valence-electron chi connectivity index (χ2n) is 6.18. The number of ether oxygens (including phenoxy) is 5. The van der Waals surface area contributed by atoms with E-state index in [-0.39, 0.29) is 12.4 Å². The Bertz CT molecular complexity index is 1070. The van der Waals surface area contributed by atoms with Gasteiger partial charge in [0.2, 0.25) is 12.5 Å². The van der Waals surface area contributed by atoms with Crippen LogP contribution in [0.1, 0.15) is 5.56 Å². The first-order valence-electron chi connectivity index (χ1n) is 8.62. The van der Waals surface area contributed by atoms with Crippen molar-refractivity contribution in [2.24, 2.45) is 0 Å². The fourth-order valence-corrected chi connectivity index (χ4v) is 3.15.